The van der Waals surface area contributed by atoms with Gasteiger partial charge in [0.15, 0.2) is 27.2 Å². The molecule has 2 N–H and O–H groups in total. The molecule has 7 rings (SSSR count). The van der Waals surface area contributed by atoms with E-state index in [1.165, 1.54) is 35.0 Å². The molecule has 46 heavy (non-hydrogen) atoms. The molecule has 5 aromatic rings. The third-order valence-corrected chi connectivity index (χ3v) is 10.6. The second kappa shape index (κ2) is 12.2. The summed E-state index contributed by atoms with van der Waals surface area (Å²) in [4.78, 5) is 25.8. The van der Waals surface area contributed by atoms with Gasteiger partial charge in [-0.05, 0) is 79.9 Å². The van der Waals surface area contributed by atoms with Gasteiger partial charge in [0.2, 0.25) is 5.95 Å². The monoisotopic (exact) mass is 640 g/mol. The summed E-state index contributed by atoms with van der Waals surface area (Å²) in [5, 5.41) is 7.10. The van der Waals surface area contributed by atoms with Crippen LogP contribution in [-0.4, -0.2) is 54.9 Å². The number of rotatable bonds is 7. The SMILES string of the molecule is CN(c1ccc(Nc2ncc3cc(Oc4ccccc4F)c(=O)n(C4Cc5ccccc5S(=O)(=O)C4)c3n2)cc1)C1CCCNC1. The first-order chi connectivity index (χ1) is 22.3. The Kier molecular flexibility index (Phi) is 7.91. The van der Waals surface area contributed by atoms with Crippen molar-refractivity contribution in [2.24, 2.45) is 0 Å². The smallest absolute Gasteiger partial charge is 0.295 e. The molecule has 3 aromatic carbocycles. The van der Waals surface area contributed by atoms with E-state index in [1.54, 1.807) is 30.3 Å². The second-order valence-electron chi connectivity index (χ2n) is 11.7. The van der Waals surface area contributed by atoms with E-state index in [4.69, 9.17) is 9.72 Å². The van der Waals surface area contributed by atoms with Gasteiger partial charge in [-0.1, -0.05) is 30.3 Å². The number of halogens is 1. The number of benzene rings is 3. The second-order valence-corrected chi connectivity index (χ2v) is 13.7. The van der Waals surface area contributed by atoms with Crippen LogP contribution in [0.2, 0.25) is 0 Å². The van der Waals surface area contributed by atoms with E-state index in [2.05, 4.69) is 27.6 Å². The normalized spacial score (nSPS) is 18.9. The van der Waals surface area contributed by atoms with Crippen molar-refractivity contribution in [3.63, 3.8) is 0 Å². The fourth-order valence-electron chi connectivity index (χ4n) is 6.29. The summed E-state index contributed by atoms with van der Waals surface area (Å²) in [5.74, 6) is -0.988. The summed E-state index contributed by atoms with van der Waals surface area (Å²) in [6, 6.07) is 21.6. The van der Waals surface area contributed by atoms with Gasteiger partial charge >= 0.3 is 0 Å². The molecule has 0 radical (unpaired) electrons. The summed E-state index contributed by atoms with van der Waals surface area (Å²) in [6.45, 7) is 2.00. The highest BCUT2D eigenvalue weighted by molar-refractivity contribution is 7.91. The quantitative estimate of drug-likeness (QED) is 0.247. The summed E-state index contributed by atoms with van der Waals surface area (Å²) in [7, 11) is -1.61. The Morgan fingerprint density at radius 2 is 1.83 bits per heavy atom. The van der Waals surface area contributed by atoms with Crippen LogP contribution in [0.15, 0.2) is 94.7 Å². The van der Waals surface area contributed by atoms with Crippen LogP contribution in [0.4, 0.5) is 21.7 Å². The molecule has 10 nitrogen and oxygen atoms in total. The van der Waals surface area contributed by atoms with Crippen LogP contribution in [0.5, 0.6) is 11.5 Å². The first kappa shape index (κ1) is 29.9. The minimum atomic E-state index is -3.71. The summed E-state index contributed by atoms with van der Waals surface area (Å²) in [5.41, 5.74) is 2.07. The molecular formula is C34H33FN6O4S. The zero-order valence-electron chi connectivity index (χ0n) is 25.2. The first-order valence-electron chi connectivity index (χ1n) is 15.2. The maximum Gasteiger partial charge on any atom is 0.295 e. The van der Waals surface area contributed by atoms with Crippen LogP contribution in [-0.2, 0) is 16.3 Å². The predicted octanol–water partition coefficient (Wildman–Crippen LogP) is 5.23. The van der Waals surface area contributed by atoms with Crippen molar-refractivity contribution in [1.82, 2.24) is 19.9 Å². The zero-order chi connectivity index (χ0) is 31.8. The minimum absolute atomic E-state index is 0.125. The Balaban J connectivity index is 1.26. The Morgan fingerprint density at radius 3 is 2.61 bits per heavy atom. The molecular weight excluding hydrogens is 607 g/mol. The van der Waals surface area contributed by atoms with Gasteiger partial charge in [-0.15, -0.1) is 0 Å². The largest absolute Gasteiger partial charge is 0.448 e. The number of nitrogens with one attached hydrogen (secondary N) is 2. The molecule has 2 unspecified atom stereocenters. The number of nitrogens with zero attached hydrogens (tertiary/aromatic N) is 4. The van der Waals surface area contributed by atoms with Crippen LogP contribution < -0.4 is 25.8 Å². The van der Waals surface area contributed by atoms with Crippen molar-refractivity contribution in [3.8, 4) is 11.5 Å². The van der Waals surface area contributed by atoms with Gasteiger partial charge in [-0.2, -0.15) is 4.98 Å². The van der Waals surface area contributed by atoms with Crippen molar-refractivity contribution >= 4 is 38.2 Å². The first-order valence-corrected chi connectivity index (χ1v) is 16.9. The Hall–Kier alpha value is -4.81. The average Bonchev–Trinajstić information content (AvgIpc) is 3.06. The summed E-state index contributed by atoms with van der Waals surface area (Å²) < 4.78 is 48.4. The molecule has 1 fully saturated rings. The van der Waals surface area contributed by atoms with Gasteiger partial charge in [0, 0.05) is 42.6 Å². The highest BCUT2D eigenvalue weighted by atomic mass is 32.2. The lowest BCUT2D eigenvalue weighted by molar-refractivity contribution is 0.424. The van der Waals surface area contributed by atoms with E-state index in [-0.39, 0.29) is 40.2 Å². The van der Waals surface area contributed by atoms with Crippen LogP contribution in [0.1, 0.15) is 24.4 Å². The molecule has 1 saturated heterocycles. The molecule has 2 aliphatic heterocycles. The molecule has 12 heteroatoms. The molecule has 4 heterocycles. The van der Waals surface area contributed by atoms with Gasteiger partial charge in [0.1, 0.15) is 5.65 Å². The standard InChI is InChI=1S/C34H33FN6O4S/c1-40(26-8-6-16-36-20-26)25-14-12-24(13-15-25)38-34-37-19-23-18-30(45-29-10-4-3-9-28(29)35)33(42)41(32(23)39-34)27-17-22-7-2-5-11-31(22)46(43,44)21-27/h2-5,7,9-15,18-19,26-27,36H,6,8,16-17,20-21H2,1H3,(H,37,38,39). The lowest BCUT2D eigenvalue weighted by Crippen LogP contribution is -2.44. The summed E-state index contributed by atoms with van der Waals surface area (Å²) in [6.07, 6.45) is 4.11. The number of para-hydroxylation sites is 1. The van der Waals surface area contributed by atoms with Crippen LogP contribution in [0.3, 0.4) is 0 Å². The molecule has 2 aliphatic rings. The number of hydrogen-bond acceptors (Lipinski definition) is 9. The Bertz CT molecular complexity index is 2080. The molecule has 236 valence electrons. The van der Waals surface area contributed by atoms with Gasteiger partial charge in [0.25, 0.3) is 5.56 Å². The van der Waals surface area contributed by atoms with E-state index < -0.39 is 27.3 Å². The third kappa shape index (κ3) is 5.81. The number of ether oxygens (including phenoxy) is 1. The maximum atomic E-state index is 14.5. The van der Waals surface area contributed by atoms with Crippen LogP contribution in [0.25, 0.3) is 11.0 Å². The van der Waals surface area contributed by atoms with Crippen molar-refractivity contribution in [1.29, 1.82) is 0 Å². The zero-order valence-corrected chi connectivity index (χ0v) is 26.0. The third-order valence-electron chi connectivity index (χ3n) is 8.69. The number of aromatic nitrogens is 3. The van der Waals surface area contributed by atoms with Gasteiger partial charge in [-0.3, -0.25) is 9.36 Å². The lowest BCUT2D eigenvalue weighted by Gasteiger charge is -2.33. The maximum absolute atomic E-state index is 14.5. The van der Waals surface area contributed by atoms with Gasteiger partial charge < -0.3 is 20.3 Å². The molecule has 0 spiro atoms. The Morgan fingerprint density at radius 1 is 1.04 bits per heavy atom. The fraction of sp³-hybridized carbons (Fsp3) is 0.265. The lowest BCUT2D eigenvalue weighted by atomic mass is 10.1. The number of hydrogen-bond donors (Lipinski definition) is 2. The number of piperidine rings is 1. The number of anilines is 3. The van der Waals surface area contributed by atoms with E-state index in [9.17, 15) is 17.6 Å². The summed E-state index contributed by atoms with van der Waals surface area (Å²) >= 11 is 0. The van der Waals surface area contributed by atoms with Crippen molar-refractivity contribution in [3.05, 3.63) is 107 Å². The molecule has 0 amide bonds. The van der Waals surface area contributed by atoms with Crippen LogP contribution >= 0.6 is 0 Å². The average molecular weight is 641 g/mol. The predicted molar refractivity (Wildman–Crippen MR) is 176 cm³/mol. The van der Waals surface area contributed by atoms with E-state index in [0.29, 0.717) is 17.0 Å². The van der Waals surface area contributed by atoms with Gasteiger partial charge in [0.05, 0.1) is 16.7 Å². The number of sulfone groups is 1. The van der Waals surface area contributed by atoms with E-state index in [1.807, 2.05) is 24.3 Å². The number of likely N-dealkylation sites (N-methyl/N-ethyl adjacent to an activating group) is 1. The molecule has 0 bridgehead atoms. The van der Waals surface area contributed by atoms with Crippen molar-refractivity contribution in [2.45, 2.75) is 36.2 Å². The van der Waals surface area contributed by atoms with Crippen LogP contribution in [0, 0.1) is 5.82 Å². The van der Waals surface area contributed by atoms with Crippen molar-refractivity contribution < 1.29 is 17.5 Å². The molecule has 2 atom stereocenters. The molecule has 0 aliphatic carbocycles. The van der Waals surface area contributed by atoms with E-state index >= 15 is 0 Å². The minimum Gasteiger partial charge on any atom is -0.448 e. The van der Waals surface area contributed by atoms with Gasteiger partial charge in [-0.25, -0.2) is 17.8 Å². The topological polar surface area (TPSA) is 118 Å². The number of fused-ring (bicyclic) bond motifs is 2. The highest BCUT2D eigenvalue weighted by Gasteiger charge is 2.33. The van der Waals surface area contributed by atoms with Crippen molar-refractivity contribution in [2.75, 3.05) is 36.1 Å². The molecule has 0 saturated carbocycles. The highest BCUT2D eigenvalue weighted by Crippen LogP contribution is 2.33. The number of pyridine rings is 1. The fourth-order valence-corrected chi connectivity index (χ4v) is 8.08. The molecule has 2 aromatic heterocycles. The van der Waals surface area contributed by atoms with E-state index in [0.717, 1.165) is 37.3 Å². The Labute approximate surface area is 265 Å².